The third-order valence-corrected chi connectivity index (χ3v) is 8.52. The lowest BCUT2D eigenvalue weighted by Crippen LogP contribution is -2.48. The Kier molecular flexibility index (Phi) is 4.11. The molecular formula is C23H32O3. The summed E-state index contributed by atoms with van der Waals surface area (Å²) in [7, 11) is 0. The molecule has 2 fully saturated rings. The van der Waals surface area contributed by atoms with E-state index in [4.69, 9.17) is 0 Å². The predicted octanol–water partition coefficient (Wildman–Crippen LogP) is 4.11. The highest BCUT2D eigenvalue weighted by Crippen LogP contribution is 2.66. The van der Waals surface area contributed by atoms with Crippen LogP contribution in [0.3, 0.4) is 0 Å². The highest BCUT2D eigenvalue weighted by Gasteiger charge is 2.60. The van der Waals surface area contributed by atoms with Crippen LogP contribution in [0.2, 0.25) is 0 Å². The first-order valence-corrected chi connectivity index (χ1v) is 10.3. The lowest BCUT2D eigenvalue weighted by atomic mass is 9.48. The number of hydrogen-bond acceptors (Lipinski definition) is 3. The summed E-state index contributed by atoms with van der Waals surface area (Å²) in [5.41, 5.74) is 2.88. The van der Waals surface area contributed by atoms with Crippen molar-refractivity contribution in [3.63, 3.8) is 0 Å². The Morgan fingerprint density at radius 1 is 1.27 bits per heavy atom. The van der Waals surface area contributed by atoms with E-state index in [9.17, 15) is 14.7 Å². The summed E-state index contributed by atoms with van der Waals surface area (Å²) in [5, 5.41) is 9.52. The Bertz CT molecular complexity index is 717. The van der Waals surface area contributed by atoms with E-state index in [1.807, 2.05) is 6.08 Å². The molecule has 3 nitrogen and oxygen atoms in total. The molecule has 7 unspecified atom stereocenters. The molecule has 4 aliphatic carbocycles. The third kappa shape index (κ3) is 2.28. The molecule has 142 valence electrons. The van der Waals surface area contributed by atoms with Crippen molar-refractivity contribution in [3.05, 3.63) is 23.3 Å². The molecule has 4 aliphatic rings. The molecule has 0 saturated heterocycles. The smallest absolute Gasteiger partial charge is 0.162 e. The minimum absolute atomic E-state index is 0.0258. The zero-order valence-corrected chi connectivity index (χ0v) is 16.5. The van der Waals surface area contributed by atoms with Crippen molar-refractivity contribution in [2.24, 2.45) is 40.4 Å². The van der Waals surface area contributed by atoms with Crippen molar-refractivity contribution in [1.29, 1.82) is 0 Å². The van der Waals surface area contributed by atoms with Crippen LogP contribution in [0.4, 0.5) is 0 Å². The van der Waals surface area contributed by atoms with E-state index in [-0.39, 0.29) is 34.9 Å². The Morgan fingerprint density at radius 2 is 2.00 bits per heavy atom. The molecule has 0 amide bonds. The van der Waals surface area contributed by atoms with Crippen LogP contribution in [0.15, 0.2) is 23.3 Å². The largest absolute Gasteiger partial charge is 0.389 e. The van der Waals surface area contributed by atoms with Crippen molar-refractivity contribution in [2.75, 3.05) is 6.61 Å². The van der Waals surface area contributed by atoms with Gasteiger partial charge in [-0.15, -0.1) is 0 Å². The van der Waals surface area contributed by atoms with Gasteiger partial charge in [-0.2, -0.15) is 0 Å². The second-order valence-corrected chi connectivity index (χ2v) is 9.97. The Morgan fingerprint density at radius 3 is 2.69 bits per heavy atom. The van der Waals surface area contributed by atoms with Gasteiger partial charge in [0.2, 0.25) is 0 Å². The molecule has 7 atom stereocenters. The molecule has 0 bridgehead atoms. The molecule has 0 heterocycles. The fourth-order valence-electron chi connectivity index (χ4n) is 7.33. The normalized spacial score (nSPS) is 47.4. The Balaban J connectivity index is 1.78. The maximum absolute atomic E-state index is 12.5. The molecule has 3 heteroatoms. The van der Waals surface area contributed by atoms with Crippen LogP contribution in [-0.2, 0) is 9.59 Å². The van der Waals surface area contributed by atoms with E-state index in [1.165, 1.54) is 5.57 Å². The first kappa shape index (κ1) is 18.2. The van der Waals surface area contributed by atoms with Crippen LogP contribution in [0, 0.1) is 40.4 Å². The van der Waals surface area contributed by atoms with E-state index in [1.54, 1.807) is 5.57 Å². The molecule has 2 saturated carbocycles. The Hall–Kier alpha value is -1.22. The van der Waals surface area contributed by atoms with Gasteiger partial charge in [0, 0.05) is 17.8 Å². The summed E-state index contributed by atoms with van der Waals surface area (Å²) in [5.74, 6) is 2.13. The number of carbonyl (C=O) groups excluding carboxylic acids is 2. The summed E-state index contributed by atoms with van der Waals surface area (Å²) in [4.78, 5) is 24.5. The van der Waals surface area contributed by atoms with E-state index in [2.05, 4.69) is 33.8 Å². The van der Waals surface area contributed by atoms with Gasteiger partial charge in [-0.3, -0.25) is 9.59 Å². The van der Waals surface area contributed by atoms with E-state index in [0.29, 0.717) is 30.1 Å². The van der Waals surface area contributed by atoms with Gasteiger partial charge in [0.05, 0.1) is 0 Å². The summed E-state index contributed by atoms with van der Waals surface area (Å²) < 4.78 is 0. The highest BCUT2D eigenvalue weighted by atomic mass is 16.3. The van der Waals surface area contributed by atoms with Gasteiger partial charge in [0.1, 0.15) is 6.61 Å². The average Bonchev–Trinajstić information content (AvgIpc) is 2.86. The number of aliphatic hydroxyl groups excluding tert-OH is 1. The summed E-state index contributed by atoms with van der Waals surface area (Å²) >= 11 is 0. The van der Waals surface area contributed by atoms with Crippen molar-refractivity contribution in [2.45, 2.75) is 59.8 Å². The summed E-state index contributed by atoms with van der Waals surface area (Å²) in [6.45, 7) is 8.82. The number of fused-ring (bicyclic) bond motifs is 5. The van der Waals surface area contributed by atoms with E-state index >= 15 is 0 Å². The van der Waals surface area contributed by atoms with E-state index < -0.39 is 0 Å². The lowest BCUT2D eigenvalue weighted by Gasteiger charge is -2.55. The molecule has 0 aromatic carbocycles. The number of rotatable bonds is 2. The molecule has 0 spiro atoms. The monoisotopic (exact) mass is 356 g/mol. The van der Waals surface area contributed by atoms with Crippen LogP contribution in [0.1, 0.15) is 59.8 Å². The maximum atomic E-state index is 12.5. The SMILES string of the molecule is CC1CC2=CC(=O)CCC2(C)C2=CCC3(C)C(CC(C)C3C(=O)CO)C21. The van der Waals surface area contributed by atoms with Gasteiger partial charge in [-0.25, -0.2) is 0 Å². The van der Waals surface area contributed by atoms with Crippen LogP contribution in [0.5, 0.6) is 0 Å². The van der Waals surface area contributed by atoms with Gasteiger partial charge in [0.25, 0.3) is 0 Å². The topological polar surface area (TPSA) is 54.4 Å². The minimum atomic E-state index is -0.333. The van der Waals surface area contributed by atoms with Crippen LogP contribution < -0.4 is 0 Å². The second kappa shape index (κ2) is 5.89. The van der Waals surface area contributed by atoms with Gasteiger partial charge in [-0.1, -0.05) is 44.9 Å². The number of allylic oxidation sites excluding steroid dienone is 4. The number of ketones is 2. The highest BCUT2D eigenvalue weighted by molar-refractivity contribution is 5.92. The van der Waals surface area contributed by atoms with Crippen molar-refractivity contribution >= 4 is 11.6 Å². The molecule has 26 heavy (non-hydrogen) atoms. The molecule has 0 aromatic rings. The molecule has 1 N–H and O–H groups in total. The number of Topliss-reactive ketones (excluding diaryl/α,β-unsaturated/α-hetero) is 1. The zero-order valence-electron chi connectivity index (χ0n) is 16.5. The van der Waals surface area contributed by atoms with Crippen molar-refractivity contribution in [3.8, 4) is 0 Å². The van der Waals surface area contributed by atoms with Crippen molar-refractivity contribution in [1.82, 2.24) is 0 Å². The molecular weight excluding hydrogens is 324 g/mol. The minimum Gasteiger partial charge on any atom is -0.389 e. The number of aliphatic hydroxyl groups is 1. The quantitative estimate of drug-likeness (QED) is 0.758. The summed E-state index contributed by atoms with van der Waals surface area (Å²) in [6.07, 6.45) is 8.95. The number of hydrogen-bond donors (Lipinski definition) is 1. The molecule has 0 radical (unpaired) electrons. The lowest BCUT2D eigenvalue weighted by molar-refractivity contribution is -0.131. The van der Waals surface area contributed by atoms with Crippen LogP contribution in [-0.4, -0.2) is 23.3 Å². The van der Waals surface area contributed by atoms with Gasteiger partial charge < -0.3 is 5.11 Å². The Labute approximate surface area is 156 Å². The van der Waals surface area contributed by atoms with Crippen LogP contribution in [0.25, 0.3) is 0 Å². The van der Waals surface area contributed by atoms with Crippen LogP contribution >= 0.6 is 0 Å². The van der Waals surface area contributed by atoms with E-state index in [0.717, 1.165) is 25.7 Å². The predicted molar refractivity (Wildman–Crippen MR) is 101 cm³/mol. The van der Waals surface area contributed by atoms with Crippen molar-refractivity contribution < 1.29 is 14.7 Å². The fraction of sp³-hybridized carbons (Fsp3) is 0.739. The van der Waals surface area contributed by atoms with Gasteiger partial charge in [0.15, 0.2) is 11.6 Å². The molecule has 4 rings (SSSR count). The first-order chi connectivity index (χ1) is 12.2. The fourth-order valence-corrected chi connectivity index (χ4v) is 7.33. The second-order valence-electron chi connectivity index (χ2n) is 9.97. The first-order valence-electron chi connectivity index (χ1n) is 10.3. The van der Waals surface area contributed by atoms with Gasteiger partial charge >= 0.3 is 0 Å². The van der Waals surface area contributed by atoms with Gasteiger partial charge in [-0.05, 0) is 60.8 Å². The molecule has 0 aliphatic heterocycles. The standard InChI is InChI=1S/C23H32O3/c1-13-9-15-11-16(25)5-7-22(15,3)17-6-8-23(4)18(20(13)17)10-14(2)21(23)19(26)12-24/h6,11,13-14,18,20-21,24H,5,7-10,12H2,1-4H3. The third-order valence-electron chi connectivity index (χ3n) is 8.52. The molecule has 0 aromatic heterocycles. The summed E-state index contributed by atoms with van der Waals surface area (Å²) in [6, 6.07) is 0. The average molecular weight is 357 g/mol. The zero-order chi connectivity index (χ0) is 18.9. The number of carbonyl (C=O) groups is 2. The maximum Gasteiger partial charge on any atom is 0.162 e.